The Morgan fingerprint density at radius 1 is 1.12 bits per heavy atom. The highest BCUT2D eigenvalue weighted by atomic mass is 15.3. The highest BCUT2D eigenvalue weighted by molar-refractivity contribution is 5.18. The first-order chi connectivity index (χ1) is 7.66. The van der Waals surface area contributed by atoms with Crippen LogP contribution in [0.1, 0.15) is 33.1 Å². The molecular weight excluding hydrogens is 196 g/mol. The summed E-state index contributed by atoms with van der Waals surface area (Å²) in [6, 6.07) is 0.993. The van der Waals surface area contributed by atoms with E-state index in [2.05, 4.69) is 24.1 Å². The summed E-state index contributed by atoms with van der Waals surface area (Å²) in [5, 5.41) is 3.63. The van der Waals surface area contributed by atoms with Gasteiger partial charge in [0.05, 0.1) is 0 Å². The van der Waals surface area contributed by atoms with Gasteiger partial charge in [0.25, 0.3) is 0 Å². The molecule has 16 heavy (non-hydrogen) atoms. The standard InChI is InChI=1S/C14H24N2/c1-14(2)8-16(6-5-15-14)13-11-9-3-4-10(7-9)12(11)13/h9-13,15H,3-8H2,1-2H3. The lowest BCUT2D eigenvalue weighted by Gasteiger charge is -2.40. The maximum Gasteiger partial charge on any atom is 0.0252 e. The molecule has 2 nitrogen and oxygen atoms in total. The fourth-order valence-electron chi connectivity index (χ4n) is 5.20. The van der Waals surface area contributed by atoms with Crippen molar-refractivity contribution >= 4 is 0 Å². The quantitative estimate of drug-likeness (QED) is 0.724. The van der Waals surface area contributed by atoms with Crippen molar-refractivity contribution in [3.8, 4) is 0 Å². The lowest BCUT2D eigenvalue weighted by molar-refractivity contribution is 0.127. The molecule has 0 aromatic carbocycles. The van der Waals surface area contributed by atoms with Crippen LogP contribution in [0.5, 0.6) is 0 Å². The smallest absolute Gasteiger partial charge is 0.0252 e. The molecule has 2 bridgehead atoms. The Balaban J connectivity index is 1.49. The van der Waals surface area contributed by atoms with Crippen LogP contribution in [0.2, 0.25) is 0 Å². The molecule has 4 fully saturated rings. The Hall–Kier alpha value is -0.0800. The van der Waals surface area contributed by atoms with Crippen LogP contribution in [-0.2, 0) is 0 Å². The van der Waals surface area contributed by atoms with E-state index in [1.807, 2.05) is 0 Å². The van der Waals surface area contributed by atoms with Gasteiger partial charge in [-0.15, -0.1) is 0 Å². The number of fused-ring (bicyclic) bond motifs is 5. The fourth-order valence-corrected chi connectivity index (χ4v) is 5.20. The van der Waals surface area contributed by atoms with Crippen molar-refractivity contribution in [2.45, 2.75) is 44.7 Å². The summed E-state index contributed by atoms with van der Waals surface area (Å²) < 4.78 is 0. The van der Waals surface area contributed by atoms with Crippen molar-refractivity contribution in [3.05, 3.63) is 0 Å². The van der Waals surface area contributed by atoms with Crippen LogP contribution in [0, 0.1) is 23.7 Å². The van der Waals surface area contributed by atoms with Crippen LogP contribution >= 0.6 is 0 Å². The molecule has 0 radical (unpaired) electrons. The monoisotopic (exact) mass is 220 g/mol. The summed E-state index contributed by atoms with van der Waals surface area (Å²) in [6.07, 6.45) is 4.69. The molecule has 1 aliphatic heterocycles. The summed E-state index contributed by atoms with van der Waals surface area (Å²) in [6.45, 7) is 8.46. The minimum atomic E-state index is 0.341. The van der Waals surface area contributed by atoms with Gasteiger partial charge in [0, 0.05) is 31.2 Å². The van der Waals surface area contributed by atoms with Gasteiger partial charge in [0.1, 0.15) is 0 Å². The van der Waals surface area contributed by atoms with Crippen molar-refractivity contribution in [2.24, 2.45) is 23.7 Å². The van der Waals surface area contributed by atoms with Crippen LogP contribution in [-0.4, -0.2) is 36.1 Å². The van der Waals surface area contributed by atoms with Crippen molar-refractivity contribution in [3.63, 3.8) is 0 Å². The Morgan fingerprint density at radius 2 is 1.81 bits per heavy atom. The molecule has 3 aliphatic carbocycles. The number of piperazine rings is 1. The zero-order valence-corrected chi connectivity index (χ0v) is 10.6. The number of hydrogen-bond donors (Lipinski definition) is 1. The van der Waals surface area contributed by atoms with E-state index in [-0.39, 0.29) is 0 Å². The Bertz CT molecular complexity index is 296. The van der Waals surface area contributed by atoms with Crippen LogP contribution < -0.4 is 5.32 Å². The third-order valence-corrected chi connectivity index (χ3v) is 5.72. The van der Waals surface area contributed by atoms with Crippen LogP contribution in [0.25, 0.3) is 0 Å². The summed E-state index contributed by atoms with van der Waals surface area (Å²) in [5.41, 5.74) is 0.341. The zero-order chi connectivity index (χ0) is 10.9. The highest BCUT2D eigenvalue weighted by Crippen LogP contribution is 2.67. The summed E-state index contributed by atoms with van der Waals surface area (Å²) in [5.74, 6) is 4.48. The average molecular weight is 220 g/mol. The maximum absolute atomic E-state index is 3.63. The molecule has 1 N–H and O–H groups in total. The average Bonchev–Trinajstić information content (AvgIpc) is 2.67. The Labute approximate surface area is 98.8 Å². The third-order valence-electron chi connectivity index (χ3n) is 5.72. The van der Waals surface area contributed by atoms with Gasteiger partial charge >= 0.3 is 0 Å². The molecule has 1 saturated heterocycles. The Kier molecular flexibility index (Phi) is 1.87. The largest absolute Gasteiger partial charge is 0.309 e. The molecule has 4 atom stereocenters. The molecule has 0 aromatic rings. The number of nitrogens with one attached hydrogen (secondary N) is 1. The van der Waals surface area contributed by atoms with Gasteiger partial charge in [-0.1, -0.05) is 0 Å². The minimum absolute atomic E-state index is 0.341. The SMILES string of the molecule is CC1(C)CN(C2C3C4CCC(C4)C32)CCN1. The minimum Gasteiger partial charge on any atom is -0.309 e. The second-order valence-corrected chi connectivity index (χ2v) is 7.26. The predicted molar refractivity (Wildman–Crippen MR) is 65.3 cm³/mol. The van der Waals surface area contributed by atoms with Gasteiger partial charge in [-0.25, -0.2) is 0 Å². The summed E-state index contributed by atoms with van der Waals surface area (Å²) >= 11 is 0. The van der Waals surface area contributed by atoms with Crippen LogP contribution in [0.15, 0.2) is 0 Å². The summed E-state index contributed by atoms with van der Waals surface area (Å²) in [7, 11) is 0. The zero-order valence-electron chi connectivity index (χ0n) is 10.6. The molecule has 0 spiro atoms. The van der Waals surface area contributed by atoms with E-state index in [0.717, 1.165) is 29.7 Å². The molecule has 3 saturated carbocycles. The van der Waals surface area contributed by atoms with Gasteiger partial charge in [-0.3, -0.25) is 4.90 Å². The first-order valence-electron chi connectivity index (χ1n) is 7.15. The molecule has 0 aromatic heterocycles. The van der Waals surface area contributed by atoms with E-state index >= 15 is 0 Å². The van der Waals surface area contributed by atoms with E-state index < -0.39 is 0 Å². The van der Waals surface area contributed by atoms with Gasteiger partial charge in [0.2, 0.25) is 0 Å². The van der Waals surface area contributed by atoms with E-state index in [0.29, 0.717) is 5.54 Å². The first-order valence-corrected chi connectivity index (χ1v) is 7.15. The van der Waals surface area contributed by atoms with Crippen LogP contribution in [0.4, 0.5) is 0 Å². The molecule has 2 heteroatoms. The van der Waals surface area contributed by atoms with Crippen LogP contribution in [0.3, 0.4) is 0 Å². The summed E-state index contributed by atoms with van der Waals surface area (Å²) in [4.78, 5) is 2.82. The van der Waals surface area contributed by atoms with Crippen molar-refractivity contribution in [1.29, 1.82) is 0 Å². The first kappa shape index (κ1) is 9.90. The van der Waals surface area contributed by atoms with Gasteiger partial charge in [0.15, 0.2) is 0 Å². The maximum atomic E-state index is 3.63. The van der Waals surface area contributed by atoms with E-state index in [1.54, 1.807) is 19.3 Å². The van der Waals surface area contributed by atoms with Crippen molar-refractivity contribution in [2.75, 3.05) is 19.6 Å². The fraction of sp³-hybridized carbons (Fsp3) is 1.00. The topological polar surface area (TPSA) is 15.3 Å². The second-order valence-electron chi connectivity index (χ2n) is 7.26. The van der Waals surface area contributed by atoms with Gasteiger partial charge in [-0.2, -0.15) is 0 Å². The third kappa shape index (κ3) is 1.26. The highest BCUT2D eigenvalue weighted by Gasteiger charge is 2.66. The molecule has 4 unspecified atom stereocenters. The van der Waals surface area contributed by atoms with E-state index in [9.17, 15) is 0 Å². The lowest BCUT2D eigenvalue weighted by Crippen LogP contribution is -2.58. The predicted octanol–water partition coefficient (Wildman–Crippen LogP) is 1.71. The lowest BCUT2D eigenvalue weighted by atomic mass is 9.99. The molecule has 1 heterocycles. The van der Waals surface area contributed by atoms with Gasteiger partial charge < -0.3 is 5.32 Å². The Morgan fingerprint density at radius 3 is 2.44 bits per heavy atom. The van der Waals surface area contributed by atoms with Crippen molar-refractivity contribution in [1.82, 2.24) is 10.2 Å². The number of rotatable bonds is 1. The normalized spacial score (nSPS) is 54.0. The second kappa shape index (κ2) is 3.02. The molecule has 4 rings (SSSR count). The number of nitrogens with zero attached hydrogens (tertiary/aromatic N) is 1. The van der Waals surface area contributed by atoms with Crippen molar-refractivity contribution < 1.29 is 0 Å². The number of hydrogen-bond acceptors (Lipinski definition) is 2. The molecule has 4 aliphatic rings. The van der Waals surface area contributed by atoms with Gasteiger partial charge in [-0.05, 0) is 56.8 Å². The molecule has 0 amide bonds. The molecular formula is C14H24N2. The van der Waals surface area contributed by atoms with E-state index in [4.69, 9.17) is 0 Å². The molecule has 90 valence electrons. The van der Waals surface area contributed by atoms with E-state index in [1.165, 1.54) is 19.6 Å².